The van der Waals surface area contributed by atoms with Crippen LogP contribution in [0.3, 0.4) is 0 Å². The molecule has 0 atom stereocenters. The average Bonchev–Trinajstić information content (AvgIpc) is 3.05. The molecule has 0 saturated heterocycles. The molecule has 0 amide bonds. The minimum atomic E-state index is -0.389. The molecule has 22 heavy (non-hydrogen) atoms. The quantitative estimate of drug-likeness (QED) is 0.692. The molecule has 0 spiro atoms. The van der Waals surface area contributed by atoms with E-state index >= 15 is 0 Å². The number of nitrogens with zero attached hydrogens (tertiary/aromatic N) is 4. The molecule has 0 saturated carbocycles. The summed E-state index contributed by atoms with van der Waals surface area (Å²) < 4.78 is 20.1. The lowest BCUT2D eigenvalue weighted by molar-refractivity contribution is 0.111. The van der Waals surface area contributed by atoms with Crippen LogP contribution in [0.15, 0.2) is 28.8 Å². The van der Waals surface area contributed by atoms with E-state index in [1.807, 2.05) is 6.92 Å². The minimum absolute atomic E-state index is 0.164. The van der Waals surface area contributed by atoms with Crippen LogP contribution in [0.25, 0.3) is 11.3 Å². The highest BCUT2D eigenvalue weighted by atomic mass is 19.1. The maximum atomic E-state index is 13.5. The molecule has 0 aliphatic rings. The zero-order chi connectivity index (χ0) is 15.7. The topological polar surface area (TPSA) is 73.8 Å². The van der Waals surface area contributed by atoms with E-state index in [0.29, 0.717) is 29.8 Å². The number of hydrogen-bond acceptors (Lipinski definition) is 5. The minimum Gasteiger partial charge on any atom is -0.361 e. The molecule has 1 aromatic carbocycles. The summed E-state index contributed by atoms with van der Waals surface area (Å²) in [6.45, 7) is 3.97. The number of aromatic nitrogens is 4. The number of halogens is 1. The first kappa shape index (κ1) is 14.1. The van der Waals surface area contributed by atoms with Crippen LogP contribution in [0, 0.1) is 19.7 Å². The molecule has 2 heterocycles. The molecule has 0 bridgehead atoms. The summed E-state index contributed by atoms with van der Waals surface area (Å²) in [5.74, 6) is 0.283. The Labute approximate surface area is 125 Å². The lowest BCUT2D eigenvalue weighted by atomic mass is 10.1. The van der Waals surface area contributed by atoms with Gasteiger partial charge in [-0.1, -0.05) is 22.5 Å². The van der Waals surface area contributed by atoms with E-state index < -0.39 is 0 Å². The van der Waals surface area contributed by atoms with Crippen LogP contribution >= 0.6 is 0 Å². The van der Waals surface area contributed by atoms with Crippen molar-refractivity contribution in [3.8, 4) is 11.3 Å². The van der Waals surface area contributed by atoms with Gasteiger partial charge in [-0.25, -0.2) is 9.07 Å². The van der Waals surface area contributed by atoms with Gasteiger partial charge in [-0.15, -0.1) is 5.10 Å². The molecule has 0 aliphatic heterocycles. The van der Waals surface area contributed by atoms with Crippen molar-refractivity contribution in [1.29, 1.82) is 0 Å². The summed E-state index contributed by atoms with van der Waals surface area (Å²) in [6.07, 6.45) is 0.608. The second-order valence-corrected chi connectivity index (χ2v) is 4.91. The zero-order valence-corrected chi connectivity index (χ0v) is 12.1. The number of carbonyl (C=O) groups is 1. The monoisotopic (exact) mass is 300 g/mol. The standard InChI is InChI=1S/C15H13FN4O2/c1-9-13(10(2)22-18-9)7-20-15(14(8-21)17-19-20)11-4-3-5-12(16)6-11/h3-6,8H,7H2,1-2H3. The van der Waals surface area contributed by atoms with Gasteiger partial charge in [-0.2, -0.15) is 0 Å². The Morgan fingerprint density at radius 2 is 2.18 bits per heavy atom. The van der Waals surface area contributed by atoms with Gasteiger partial charge in [0.05, 0.1) is 17.9 Å². The third-order valence-electron chi connectivity index (χ3n) is 3.46. The molecule has 0 aliphatic carbocycles. The van der Waals surface area contributed by atoms with Crippen LogP contribution in [0.1, 0.15) is 27.5 Å². The van der Waals surface area contributed by atoms with Crippen molar-refractivity contribution in [2.24, 2.45) is 0 Å². The van der Waals surface area contributed by atoms with Crippen LogP contribution in [-0.4, -0.2) is 26.4 Å². The van der Waals surface area contributed by atoms with Gasteiger partial charge >= 0.3 is 0 Å². The molecule has 2 aromatic heterocycles. The SMILES string of the molecule is Cc1noc(C)c1Cn1nnc(C=O)c1-c1cccc(F)c1. The number of hydrogen-bond donors (Lipinski definition) is 0. The largest absolute Gasteiger partial charge is 0.361 e. The fourth-order valence-electron chi connectivity index (χ4n) is 2.33. The van der Waals surface area contributed by atoms with Crippen molar-refractivity contribution in [3.05, 3.63) is 52.8 Å². The zero-order valence-electron chi connectivity index (χ0n) is 12.1. The van der Waals surface area contributed by atoms with Crippen molar-refractivity contribution in [2.75, 3.05) is 0 Å². The molecule has 7 heteroatoms. The van der Waals surface area contributed by atoms with Gasteiger partial charge in [0.25, 0.3) is 0 Å². The van der Waals surface area contributed by atoms with Crippen LogP contribution in [0.5, 0.6) is 0 Å². The van der Waals surface area contributed by atoms with Crippen molar-refractivity contribution >= 4 is 6.29 Å². The van der Waals surface area contributed by atoms with E-state index in [0.717, 1.165) is 11.3 Å². The van der Waals surface area contributed by atoms with Crippen LogP contribution in [0.2, 0.25) is 0 Å². The first-order chi connectivity index (χ1) is 10.6. The van der Waals surface area contributed by atoms with Gasteiger partial charge in [0.1, 0.15) is 11.6 Å². The van der Waals surface area contributed by atoms with Crippen molar-refractivity contribution in [1.82, 2.24) is 20.2 Å². The Hall–Kier alpha value is -2.83. The molecule has 0 N–H and O–H groups in total. The predicted octanol–water partition coefficient (Wildman–Crippen LogP) is 2.55. The van der Waals surface area contributed by atoms with E-state index in [1.54, 1.807) is 23.7 Å². The number of rotatable bonds is 4. The van der Waals surface area contributed by atoms with Crippen molar-refractivity contribution in [2.45, 2.75) is 20.4 Å². The first-order valence-electron chi connectivity index (χ1n) is 6.66. The van der Waals surface area contributed by atoms with Crippen LogP contribution in [0.4, 0.5) is 4.39 Å². The molecule has 112 valence electrons. The molecule has 3 rings (SSSR count). The average molecular weight is 300 g/mol. The Kier molecular flexibility index (Phi) is 3.54. The highest BCUT2D eigenvalue weighted by Crippen LogP contribution is 2.24. The summed E-state index contributed by atoms with van der Waals surface area (Å²) in [5, 5.41) is 11.7. The Morgan fingerprint density at radius 3 is 2.82 bits per heavy atom. The van der Waals surface area contributed by atoms with Crippen LogP contribution in [-0.2, 0) is 6.54 Å². The van der Waals surface area contributed by atoms with E-state index in [2.05, 4.69) is 15.5 Å². The normalized spacial score (nSPS) is 10.9. The third kappa shape index (κ3) is 2.41. The fourth-order valence-corrected chi connectivity index (χ4v) is 2.33. The molecule has 0 unspecified atom stereocenters. The van der Waals surface area contributed by atoms with Gasteiger partial charge < -0.3 is 4.52 Å². The number of benzene rings is 1. The second kappa shape index (κ2) is 5.51. The summed E-state index contributed by atoms with van der Waals surface area (Å²) in [5.41, 5.74) is 2.77. The number of aldehydes is 1. The first-order valence-corrected chi connectivity index (χ1v) is 6.66. The fraction of sp³-hybridized carbons (Fsp3) is 0.200. The van der Waals surface area contributed by atoms with Gasteiger partial charge in [0.15, 0.2) is 12.0 Å². The van der Waals surface area contributed by atoms with Gasteiger partial charge in [-0.05, 0) is 26.0 Å². The van der Waals surface area contributed by atoms with Crippen molar-refractivity contribution < 1.29 is 13.7 Å². The van der Waals surface area contributed by atoms with E-state index in [9.17, 15) is 9.18 Å². The van der Waals surface area contributed by atoms with Gasteiger partial charge in [-0.3, -0.25) is 4.79 Å². The Morgan fingerprint density at radius 1 is 1.36 bits per heavy atom. The number of carbonyl (C=O) groups excluding carboxylic acids is 1. The summed E-state index contributed by atoms with van der Waals surface area (Å²) in [6, 6.07) is 5.97. The Bertz CT molecular complexity index is 818. The molecule has 3 aromatic rings. The highest BCUT2D eigenvalue weighted by Gasteiger charge is 2.18. The van der Waals surface area contributed by atoms with E-state index in [-0.39, 0.29) is 11.5 Å². The smallest absolute Gasteiger partial charge is 0.172 e. The molecular formula is C15H13FN4O2. The lowest BCUT2D eigenvalue weighted by Gasteiger charge is -2.07. The molecule has 0 fully saturated rings. The summed E-state index contributed by atoms with van der Waals surface area (Å²) in [7, 11) is 0. The maximum absolute atomic E-state index is 13.5. The maximum Gasteiger partial charge on any atom is 0.172 e. The molecule has 6 nitrogen and oxygen atoms in total. The molecule has 0 radical (unpaired) electrons. The highest BCUT2D eigenvalue weighted by molar-refractivity contribution is 5.83. The third-order valence-corrected chi connectivity index (χ3v) is 3.46. The van der Waals surface area contributed by atoms with Gasteiger partial charge in [0.2, 0.25) is 0 Å². The summed E-state index contributed by atoms with van der Waals surface area (Å²) in [4.78, 5) is 11.2. The summed E-state index contributed by atoms with van der Waals surface area (Å²) >= 11 is 0. The van der Waals surface area contributed by atoms with E-state index in [4.69, 9.17) is 4.52 Å². The van der Waals surface area contributed by atoms with Crippen molar-refractivity contribution in [3.63, 3.8) is 0 Å². The second-order valence-electron chi connectivity index (χ2n) is 4.91. The number of aryl methyl sites for hydroxylation is 2. The van der Waals surface area contributed by atoms with E-state index in [1.165, 1.54) is 12.1 Å². The molecular weight excluding hydrogens is 287 g/mol. The van der Waals surface area contributed by atoms with Gasteiger partial charge in [0, 0.05) is 11.1 Å². The Balaban J connectivity index is 2.10. The van der Waals surface area contributed by atoms with Crippen LogP contribution < -0.4 is 0 Å². The predicted molar refractivity (Wildman–Crippen MR) is 75.9 cm³/mol. The lowest BCUT2D eigenvalue weighted by Crippen LogP contribution is -2.06.